The van der Waals surface area contributed by atoms with E-state index in [4.69, 9.17) is 9.47 Å². The maximum Gasteiger partial charge on any atom is 0.328 e. The molecule has 142 valence electrons. The van der Waals surface area contributed by atoms with Gasteiger partial charge in [-0.2, -0.15) is 0 Å². The molecule has 0 spiro atoms. The van der Waals surface area contributed by atoms with Crippen molar-refractivity contribution in [3.63, 3.8) is 0 Å². The quantitative estimate of drug-likeness (QED) is 0.698. The molecule has 1 amide bonds. The van der Waals surface area contributed by atoms with Gasteiger partial charge < -0.3 is 19.4 Å². The fourth-order valence-electron chi connectivity index (χ4n) is 4.61. The summed E-state index contributed by atoms with van der Waals surface area (Å²) in [6.07, 6.45) is 1.06. The molecule has 5 rings (SSSR count). The molecular weight excluding hydrogens is 356 g/mol. The van der Waals surface area contributed by atoms with E-state index < -0.39 is 6.04 Å². The molecule has 0 aliphatic carbocycles. The molecule has 6 heteroatoms. The molecule has 0 saturated heterocycles. The van der Waals surface area contributed by atoms with Gasteiger partial charge in [0.1, 0.15) is 11.8 Å². The van der Waals surface area contributed by atoms with E-state index >= 15 is 0 Å². The number of methoxy groups -OCH3 is 2. The van der Waals surface area contributed by atoms with Crippen molar-refractivity contribution in [1.29, 1.82) is 0 Å². The standard InChI is InChI=1S/C22H20N2O4/c1-27-13-7-8-14-12(9-13)10-18-20-16(15-5-3-4-6-17(15)23-20)11-19(22(26)28-2)24(18)21(14)25/h3-9,18-19,23H,10-11H2,1-2H3/t18-,19-/m0/s1. The number of aromatic amines is 1. The van der Waals surface area contributed by atoms with E-state index in [1.165, 1.54) is 7.11 Å². The minimum atomic E-state index is -0.635. The predicted molar refractivity (Wildman–Crippen MR) is 103 cm³/mol. The molecule has 3 aromatic rings. The highest BCUT2D eigenvalue weighted by molar-refractivity contribution is 6.00. The average molecular weight is 376 g/mol. The lowest BCUT2D eigenvalue weighted by Crippen LogP contribution is -2.54. The number of hydrogen-bond donors (Lipinski definition) is 1. The van der Waals surface area contributed by atoms with Crippen LogP contribution in [-0.4, -0.2) is 42.0 Å². The Morgan fingerprint density at radius 1 is 1.14 bits per heavy atom. The first kappa shape index (κ1) is 16.9. The maximum absolute atomic E-state index is 13.4. The SMILES string of the molecule is COC(=O)[C@@H]1Cc2c([nH]c3ccccc23)[C@@H]2Cc3cc(OC)ccc3C(=O)N12. The van der Waals surface area contributed by atoms with E-state index in [0.29, 0.717) is 18.4 Å². The molecule has 0 unspecified atom stereocenters. The summed E-state index contributed by atoms with van der Waals surface area (Å²) in [6.45, 7) is 0. The molecule has 3 heterocycles. The minimum absolute atomic E-state index is 0.145. The molecule has 0 radical (unpaired) electrons. The smallest absolute Gasteiger partial charge is 0.328 e. The van der Waals surface area contributed by atoms with Crippen molar-refractivity contribution in [1.82, 2.24) is 9.88 Å². The Bertz CT molecular complexity index is 1120. The lowest BCUT2D eigenvalue weighted by Gasteiger charge is -2.43. The highest BCUT2D eigenvalue weighted by Crippen LogP contribution is 2.43. The third kappa shape index (κ3) is 2.27. The number of carbonyl (C=O) groups is 2. The van der Waals surface area contributed by atoms with Gasteiger partial charge in [-0.3, -0.25) is 4.79 Å². The van der Waals surface area contributed by atoms with Crippen LogP contribution in [0.4, 0.5) is 0 Å². The number of rotatable bonds is 2. The van der Waals surface area contributed by atoms with Gasteiger partial charge in [-0.25, -0.2) is 4.79 Å². The number of para-hydroxylation sites is 1. The second-order valence-corrected chi connectivity index (χ2v) is 7.26. The molecule has 1 aromatic heterocycles. The van der Waals surface area contributed by atoms with Gasteiger partial charge >= 0.3 is 5.97 Å². The van der Waals surface area contributed by atoms with Crippen molar-refractivity contribution >= 4 is 22.8 Å². The van der Waals surface area contributed by atoms with E-state index in [2.05, 4.69) is 11.1 Å². The normalized spacial score (nSPS) is 20.4. The number of amides is 1. The van der Waals surface area contributed by atoms with E-state index in [0.717, 1.165) is 33.5 Å². The van der Waals surface area contributed by atoms with Crippen molar-refractivity contribution in [2.24, 2.45) is 0 Å². The van der Waals surface area contributed by atoms with Crippen molar-refractivity contribution in [3.8, 4) is 5.75 Å². The third-order valence-electron chi connectivity index (χ3n) is 5.91. The number of carbonyl (C=O) groups excluding carboxylic acids is 2. The maximum atomic E-state index is 13.4. The van der Waals surface area contributed by atoms with Gasteiger partial charge in [0.05, 0.1) is 20.3 Å². The number of hydrogen-bond acceptors (Lipinski definition) is 4. The Labute approximate surface area is 162 Å². The molecule has 6 nitrogen and oxygen atoms in total. The Kier molecular flexibility index (Phi) is 3.69. The van der Waals surface area contributed by atoms with Gasteiger partial charge in [-0.1, -0.05) is 18.2 Å². The summed E-state index contributed by atoms with van der Waals surface area (Å²) < 4.78 is 10.4. The molecule has 2 aromatic carbocycles. The zero-order chi connectivity index (χ0) is 19.4. The largest absolute Gasteiger partial charge is 0.497 e. The van der Waals surface area contributed by atoms with Gasteiger partial charge in [-0.05, 0) is 41.8 Å². The van der Waals surface area contributed by atoms with Crippen LogP contribution in [0, 0.1) is 0 Å². The van der Waals surface area contributed by atoms with Crippen LogP contribution in [0.25, 0.3) is 10.9 Å². The Balaban J connectivity index is 1.71. The van der Waals surface area contributed by atoms with Gasteiger partial charge in [0, 0.05) is 28.6 Å². The number of esters is 1. The number of nitrogens with zero attached hydrogens (tertiary/aromatic N) is 1. The van der Waals surface area contributed by atoms with E-state index in [9.17, 15) is 9.59 Å². The molecule has 0 fully saturated rings. The highest BCUT2D eigenvalue weighted by atomic mass is 16.5. The van der Waals surface area contributed by atoms with Gasteiger partial charge in [0.15, 0.2) is 0 Å². The molecule has 2 aliphatic heterocycles. The van der Waals surface area contributed by atoms with Crippen molar-refractivity contribution in [3.05, 3.63) is 64.8 Å². The van der Waals surface area contributed by atoms with E-state index in [1.54, 1.807) is 24.1 Å². The third-order valence-corrected chi connectivity index (χ3v) is 5.91. The van der Waals surface area contributed by atoms with Crippen LogP contribution < -0.4 is 4.74 Å². The Morgan fingerprint density at radius 2 is 1.96 bits per heavy atom. The summed E-state index contributed by atoms with van der Waals surface area (Å²) in [7, 11) is 2.98. The molecule has 0 bridgehead atoms. The number of ether oxygens (including phenoxy) is 2. The van der Waals surface area contributed by atoms with Gasteiger partial charge in [0.2, 0.25) is 0 Å². The monoisotopic (exact) mass is 376 g/mol. The topological polar surface area (TPSA) is 71.6 Å². The van der Waals surface area contributed by atoms with Gasteiger partial charge in [-0.15, -0.1) is 0 Å². The second-order valence-electron chi connectivity index (χ2n) is 7.26. The first-order valence-electron chi connectivity index (χ1n) is 9.29. The van der Waals surface area contributed by atoms with Crippen LogP contribution in [-0.2, 0) is 22.4 Å². The second kappa shape index (κ2) is 6.12. The molecular formula is C22H20N2O4. The van der Waals surface area contributed by atoms with E-state index in [-0.39, 0.29) is 17.9 Å². The van der Waals surface area contributed by atoms with E-state index in [1.807, 2.05) is 24.3 Å². The van der Waals surface area contributed by atoms with Crippen LogP contribution >= 0.6 is 0 Å². The number of H-pyrrole nitrogens is 1. The summed E-state index contributed by atoms with van der Waals surface area (Å²) in [5.41, 5.74) is 4.66. The minimum Gasteiger partial charge on any atom is -0.497 e. The van der Waals surface area contributed by atoms with Crippen LogP contribution in [0.15, 0.2) is 42.5 Å². The lowest BCUT2D eigenvalue weighted by atomic mass is 9.83. The lowest BCUT2D eigenvalue weighted by molar-refractivity contribution is -0.147. The van der Waals surface area contributed by atoms with Crippen molar-refractivity contribution in [2.75, 3.05) is 14.2 Å². The average Bonchev–Trinajstić information content (AvgIpc) is 3.11. The number of benzene rings is 2. The first-order valence-corrected chi connectivity index (χ1v) is 9.29. The van der Waals surface area contributed by atoms with Crippen molar-refractivity contribution < 1.29 is 19.1 Å². The zero-order valence-corrected chi connectivity index (χ0v) is 15.7. The summed E-state index contributed by atoms with van der Waals surface area (Å²) in [6, 6.07) is 12.6. The van der Waals surface area contributed by atoms with Crippen molar-refractivity contribution in [2.45, 2.75) is 24.9 Å². The summed E-state index contributed by atoms with van der Waals surface area (Å²) in [5.74, 6) is 0.192. The molecule has 0 saturated carbocycles. The summed E-state index contributed by atoms with van der Waals surface area (Å²) in [4.78, 5) is 31.2. The Morgan fingerprint density at radius 3 is 2.75 bits per heavy atom. The van der Waals surface area contributed by atoms with Crippen LogP contribution in [0.1, 0.15) is 33.2 Å². The molecule has 1 N–H and O–H groups in total. The number of fused-ring (bicyclic) bond motifs is 6. The molecule has 28 heavy (non-hydrogen) atoms. The van der Waals surface area contributed by atoms with Gasteiger partial charge in [0.25, 0.3) is 5.91 Å². The fraction of sp³-hybridized carbons (Fsp3) is 0.273. The number of aromatic nitrogens is 1. The summed E-state index contributed by atoms with van der Waals surface area (Å²) in [5, 5.41) is 1.09. The molecule has 2 atom stereocenters. The Hall–Kier alpha value is -3.28. The zero-order valence-electron chi connectivity index (χ0n) is 15.7. The molecule has 2 aliphatic rings. The van der Waals surface area contributed by atoms with Crippen LogP contribution in [0.2, 0.25) is 0 Å². The first-order chi connectivity index (χ1) is 13.6. The summed E-state index contributed by atoms with van der Waals surface area (Å²) >= 11 is 0. The fourth-order valence-corrected chi connectivity index (χ4v) is 4.61. The highest BCUT2D eigenvalue weighted by Gasteiger charge is 2.46. The number of nitrogens with one attached hydrogen (secondary N) is 1. The van der Waals surface area contributed by atoms with Crippen LogP contribution in [0.3, 0.4) is 0 Å². The predicted octanol–water partition coefficient (Wildman–Crippen LogP) is 3.01. The van der Waals surface area contributed by atoms with Crippen LogP contribution in [0.5, 0.6) is 5.75 Å².